The van der Waals surface area contributed by atoms with Crippen LogP contribution in [-0.2, 0) is 23.6 Å². The van der Waals surface area contributed by atoms with Gasteiger partial charge in [0.05, 0.1) is 6.20 Å². The third kappa shape index (κ3) is 3.20. The summed E-state index contributed by atoms with van der Waals surface area (Å²) in [6.07, 6.45) is 2.75. The van der Waals surface area contributed by atoms with Crippen molar-refractivity contribution in [2.45, 2.75) is 11.4 Å². The number of sulfonamides is 1. The van der Waals surface area contributed by atoms with E-state index in [0.29, 0.717) is 17.8 Å². The molecule has 8 nitrogen and oxygen atoms in total. The Morgan fingerprint density at radius 2 is 2.13 bits per heavy atom. The van der Waals surface area contributed by atoms with Crippen LogP contribution in [0.15, 0.2) is 40.0 Å². The van der Waals surface area contributed by atoms with E-state index in [1.165, 1.54) is 17.1 Å². The minimum atomic E-state index is -3.67. The zero-order chi connectivity index (χ0) is 16.6. The van der Waals surface area contributed by atoms with Crippen molar-refractivity contribution in [3.8, 4) is 0 Å². The largest absolute Gasteiger partial charge is 0.356 e. The molecule has 0 amide bonds. The lowest BCUT2D eigenvalue weighted by atomic mass is 10.2. The Kier molecular flexibility index (Phi) is 3.82. The van der Waals surface area contributed by atoms with Gasteiger partial charge in [-0.3, -0.25) is 9.40 Å². The number of nitrogens with zero attached hydrogens (tertiary/aromatic N) is 4. The van der Waals surface area contributed by atoms with E-state index >= 15 is 0 Å². The maximum absolute atomic E-state index is 12.3. The number of fused-ring (bicyclic) bond motifs is 1. The summed E-state index contributed by atoms with van der Waals surface area (Å²) in [6.45, 7) is 0.603. The average molecular weight is 335 g/mol. The van der Waals surface area contributed by atoms with E-state index in [1.807, 2.05) is 19.0 Å². The van der Waals surface area contributed by atoms with Gasteiger partial charge in [0.1, 0.15) is 10.6 Å². The maximum atomic E-state index is 12.3. The standard InChI is InChI=1S/C14H17N5O3S/c1-18(2)9-13-12-6-10(4-5-14(12)22-16-13)17-23(20,21)11-7-15-19(3)8-11/h4-8,17H,9H2,1-3H3. The van der Waals surface area contributed by atoms with Crippen molar-refractivity contribution < 1.29 is 12.9 Å². The Bertz CT molecular complexity index is 942. The summed E-state index contributed by atoms with van der Waals surface area (Å²) >= 11 is 0. The molecule has 3 aromatic rings. The molecule has 1 N–H and O–H groups in total. The predicted molar refractivity (Wildman–Crippen MR) is 85.4 cm³/mol. The number of hydrogen-bond donors (Lipinski definition) is 1. The van der Waals surface area contributed by atoms with E-state index in [-0.39, 0.29) is 4.90 Å². The summed E-state index contributed by atoms with van der Waals surface area (Å²) in [5, 5.41) is 8.69. The van der Waals surface area contributed by atoms with Crippen molar-refractivity contribution in [1.29, 1.82) is 0 Å². The minimum absolute atomic E-state index is 0.110. The quantitative estimate of drug-likeness (QED) is 0.758. The van der Waals surface area contributed by atoms with Gasteiger partial charge in [0.2, 0.25) is 0 Å². The van der Waals surface area contributed by atoms with Crippen LogP contribution in [0, 0.1) is 0 Å². The van der Waals surface area contributed by atoms with Gasteiger partial charge in [-0.2, -0.15) is 5.10 Å². The molecule has 122 valence electrons. The van der Waals surface area contributed by atoms with Gasteiger partial charge in [-0.05, 0) is 32.3 Å². The fourth-order valence-electron chi connectivity index (χ4n) is 2.22. The number of aromatic nitrogens is 3. The first-order valence-electron chi connectivity index (χ1n) is 6.90. The fourth-order valence-corrected chi connectivity index (χ4v) is 3.25. The fraction of sp³-hybridized carbons (Fsp3) is 0.286. The van der Waals surface area contributed by atoms with Crippen molar-refractivity contribution in [1.82, 2.24) is 19.8 Å². The first-order valence-corrected chi connectivity index (χ1v) is 8.38. The molecule has 0 saturated carbocycles. The van der Waals surface area contributed by atoms with Crippen molar-refractivity contribution in [3.63, 3.8) is 0 Å². The molecule has 23 heavy (non-hydrogen) atoms. The zero-order valence-corrected chi connectivity index (χ0v) is 13.8. The summed E-state index contributed by atoms with van der Waals surface area (Å²) in [5.41, 5.74) is 1.82. The molecule has 1 aromatic carbocycles. The Hall–Kier alpha value is -2.39. The van der Waals surface area contributed by atoms with Crippen molar-refractivity contribution in [2.75, 3.05) is 18.8 Å². The van der Waals surface area contributed by atoms with E-state index in [4.69, 9.17) is 4.52 Å². The molecular formula is C14H17N5O3S. The monoisotopic (exact) mass is 335 g/mol. The van der Waals surface area contributed by atoms with E-state index in [1.54, 1.807) is 25.2 Å². The van der Waals surface area contributed by atoms with Crippen LogP contribution >= 0.6 is 0 Å². The highest BCUT2D eigenvalue weighted by Gasteiger charge is 2.17. The van der Waals surface area contributed by atoms with Gasteiger partial charge >= 0.3 is 0 Å². The lowest BCUT2D eigenvalue weighted by Crippen LogP contribution is -2.12. The second-order valence-electron chi connectivity index (χ2n) is 5.53. The lowest BCUT2D eigenvalue weighted by molar-refractivity contribution is 0.373. The van der Waals surface area contributed by atoms with Gasteiger partial charge in [-0.1, -0.05) is 5.16 Å². The lowest BCUT2D eigenvalue weighted by Gasteiger charge is -2.08. The smallest absolute Gasteiger partial charge is 0.265 e. The molecule has 0 aliphatic rings. The van der Waals surface area contributed by atoms with Crippen molar-refractivity contribution in [3.05, 3.63) is 36.3 Å². The van der Waals surface area contributed by atoms with Gasteiger partial charge in [0.15, 0.2) is 5.58 Å². The highest BCUT2D eigenvalue weighted by Crippen LogP contribution is 2.25. The average Bonchev–Trinajstić information content (AvgIpc) is 3.05. The maximum Gasteiger partial charge on any atom is 0.265 e. The van der Waals surface area contributed by atoms with E-state index < -0.39 is 10.0 Å². The molecular weight excluding hydrogens is 318 g/mol. The Morgan fingerprint density at radius 1 is 1.35 bits per heavy atom. The topological polar surface area (TPSA) is 93.3 Å². The molecule has 9 heteroatoms. The van der Waals surface area contributed by atoms with Crippen LogP contribution in [0.4, 0.5) is 5.69 Å². The number of hydrogen-bond acceptors (Lipinski definition) is 6. The highest BCUT2D eigenvalue weighted by molar-refractivity contribution is 7.92. The number of nitrogens with one attached hydrogen (secondary N) is 1. The number of anilines is 1. The molecule has 3 rings (SSSR count). The van der Waals surface area contributed by atoms with Gasteiger partial charge in [-0.25, -0.2) is 8.42 Å². The normalized spacial score (nSPS) is 12.2. The summed E-state index contributed by atoms with van der Waals surface area (Å²) in [6, 6.07) is 5.06. The van der Waals surface area contributed by atoms with Gasteiger partial charge in [0, 0.05) is 30.9 Å². The summed E-state index contributed by atoms with van der Waals surface area (Å²) in [5.74, 6) is 0. The second-order valence-corrected chi connectivity index (χ2v) is 7.22. The van der Waals surface area contributed by atoms with E-state index in [2.05, 4.69) is 15.0 Å². The van der Waals surface area contributed by atoms with Crippen LogP contribution in [0.3, 0.4) is 0 Å². The number of rotatable bonds is 5. The van der Waals surface area contributed by atoms with Gasteiger partial charge < -0.3 is 9.42 Å². The highest BCUT2D eigenvalue weighted by atomic mass is 32.2. The zero-order valence-electron chi connectivity index (χ0n) is 13.0. The van der Waals surface area contributed by atoms with Crippen molar-refractivity contribution >= 4 is 26.7 Å². The van der Waals surface area contributed by atoms with Crippen LogP contribution in [0.1, 0.15) is 5.69 Å². The van der Waals surface area contributed by atoms with Gasteiger partial charge in [0.25, 0.3) is 10.0 Å². The van der Waals surface area contributed by atoms with Crippen LogP contribution in [0.5, 0.6) is 0 Å². The Labute approximate surface area is 133 Å². The molecule has 0 radical (unpaired) electrons. The third-order valence-electron chi connectivity index (χ3n) is 3.25. The predicted octanol–water partition coefficient (Wildman–Crippen LogP) is 1.42. The van der Waals surface area contributed by atoms with E-state index in [9.17, 15) is 8.42 Å². The molecule has 0 fully saturated rings. The molecule has 0 unspecified atom stereocenters. The number of benzene rings is 1. The van der Waals surface area contributed by atoms with E-state index in [0.717, 1.165) is 11.1 Å². The Balaban J connectivity index is 1.94. The number of aryl methyl sites for hydroxylation is 1. The molecule has 0 saturated heterocycles. The summed E-state index contributed by atoms with van der Waals surface area (Å²) in [7, 11) is 1.84. The van der Waals surface area contributed by atoms with Crippen LogP contribution in [0.25, 0.3) is 11.0 Å². The first-order chi connectivity index (χ1) is 10.8. The molecule has 0 atom stereocenters. The molecule has 0 spiro atoms. The van der Waals surface area contributed by atoms with Crippen LogP contribution in [0.2, 0.25) is 0 Å². The molecule has 0 aliphatic heterocycles. The summed E-state index contributed by atoms with van der Waals surface area (Å²) in [4.78, 5) is 2.07. The van der Waals surface area contributed by atoms with Crippen LogP contribution < -0.4 is 4.72 Å². The molecule has 0 aliphatic carbocycles. The minimum Gasteiger partial charge on any atom is -0.356 e. The summed E-state index contributed by atoms with van der Waals surface area (Å²) < 4.78 is 33.9. The second kappa shape index (κ2) is 5.67. The first kappa shape index (κ1) is 15.5. The van der Waals surface area contributed by atoms with Gasteiger partial charge in [-0.15, -0.1) is 0 Å². The van der Waals surface area contributed by atoms with Crippen molar-refractivity contribution in [2.24, 2.45) is 7.05 Å². The SMILES string of the molecule is CN(C)Cc1noc2ccc(NS(=O)(=O)c3cnn(C)c3)cc12. The molecule has 0 bridgehead atoms. The Morgan fingerprint density at radius 3 is 2.78 bits per heavy atom. The molecule has 2 aromatic heterocycles. The third-order valence-corrected chi connectivity index (χ3v) is 4.59. The van der Waals surface area contributed by atoms with Crippen LogP contribution in [-0.4, -0.2) is 42.4 Å². The molecule has 2 heterocycles.